The van der Waals surface area contributed by atoms with Gasteiger partial charge in [-0.1, -0.05) is 13.0 Å². The van der Waals surface area contributed by atoms with Gasteiger partial charge in [-0.3, -0.25) is 10.2 Å². The molecule has 4 aliphatic rings. The van der Waals surface area contributed by atoms with E-state index in [1.165, 1.54) is 12.1 Å². The molecule has 5 N–H and O–H groups in total. The Labute approximate surface area is 240 Å². The zero-order chi connectivity index (χ0) is 29.5. The molecule has 220 valence electrons. The van der Waals surface area contributed by atoms with Crippen molar-refractivity contribution in [3.8, 4) is 39.9 Å². The highest BCUT2D eigenvalue weighted by atomic mass is 16.7. The van der Waals surface area contributed by atoms with Crippen molar-refractivity contribution in [3.05, 3.63) is 41.5 Å². The number of benzene rings is 3. The Hall–Kier alpha value is -4.06. The van der Waals surface area contributed by atoms with E-state index in [0.717, 1.165) is 0 Å². The van der Waals surface area contributed by atoms with Gasteiger partial charge in [0.25, 0.3) is 0 Å². The highest BCUT2D eigenvalue weighted by Gasteiger charge is 2.71. The second kappa shape index (κ2) is 9.48. The Kier molecular flexibility index (Phi) is 6.05. The topological polar surface area (TPSA) is 168 Å². The fourth-order valence-corrected chi connectivity index (χ4v) is 6.84. The third-order valence-corrected chi connectivity index (χ3v) is 9.02. The lowest BCUT2D eigenvalue weighted by molar-refractivity contribution is -0.263. The average molecular weight is 578 g/mol. The summed E-state index contributed by atoms with van der Waals surface area (Å²) in [6.07, 6.45) is -3.05. The molecule has 1 spiro atoms. The number of rotatable bonds is 6. The van der Waals surface area contributed by atoms with Gasteiger partial charge in [0.05, 0.1) is 17.8 Å². The van der Waals surface area contributed by atoms with E-state index in [1.54, 1.807) is 25.1 Å². The summed E-state index contributed by atoms with van der Waals surface area (Å²) < 4.78 is 29.1. The summed E-state index contributed by atoms with van der Waals surface area (Å²) in [5, 5.41) is 53.1. The smallest absolute Gasteiger partial charge is 0.231 e. The van der Waals surface area contributed by atoms with Gasteiger partial charge in [0.2, 0.25) is 19.0 Å². The maximum atomic E-state index is 12.8. The highest BCUT2D eigenvalue weighted by Crippen LogP contribution is 2.62. The minimum atomic E-state index is -1.33. The minimum absolute atomic E-state index is 0.00915. The maximum Gasteiger partial charge on any atom is 0.231 e. The first-order valence-electron chi connectivity index (χ1n) is 14.0. The summed E-state index contributed by atoms with van der Waals surface area (Å²) in [6.45, 7) is 3.63. The molecule has 11 heteroatoms. The van der Waals surface area contributed by atoms with Crippen LogP contribution in [0, 0.1) is 16.7 Å². The molecule has 1 saturated carbocycles. The number of Topliss-reactive ketones (excluding diaryl/α,β-unsaturated/α-hetero) is 1. The molecule has 42 heavy (non-hydrogen) atoms. The van der Waals surface area contributed by atoms with Gasteiger partial charge in [0.15, 0.2) is 23.0 Å². The van der Waals surface area contributed by atoms with Crippen LogP contribution in [-0.2, 0) is 20.9 Å². The van der Waals surface area contributed by atoms with E-state index in [0.29, 0.717) is 63.8 Å². The van der Waals surface area contributed by atoms with Gasteiger partial charge in [0.1, 0.15) is 24.2 Å². The third-order valence-electron chi connectivity index (χ3n) is 9.02. The Morgan fingerprint density at radius 2 is 1.76 bits per heavy atom. The number of phenols is 2. The van der Waals surface area contributed by atoms with Gasteiger partial charge >= 0.3 is 0 Å². The fourth-order valence-electron chi connectivity index (χ4n) is 6.84. The Balaban J connectivity index is 1.37. The summed E-state index contributed by atoms with van der Waals surface area (Å²) in [6, 6.07) is 8.07. The molecule has 2 fully saturated rings. The van der Waals surface area contributed by atoms with E-state index in [1.807, 2.05) is 6.92 Å². The standard InChI is InChI=1S/C31H31NO10/c1-3-4-19(33)18-10-31(18)27(36)13(2)41-30(28(31)37)42-26-16-9-21(35)20(34)8-15(16)24(25-17(26)11-38-29(25)32)14-5-6-22-23(7-14)40-12-39-22/h5-9,13,18,27-28,30,32,34-37H,3-4,10-12H2,1-2H3/t13-,18?,27-,28+,30?,31?/m1/s1. The number of carbonyl (C=O) groups excluding carboxylic acids is 1. The SMILES string of the molecule is CCCC(=O)C1CC12[C@H](O)[C@@H](C)OC(Oc1c3c(c(-c4ccc5c(c4)OCO5)c4cc(O)c(O)cc14)C(=N)OC3)[C@@H]2O. The second-order valence-electron chi connectivity index (χ2n) is 11.4. The second-order valence-corrected chi connectivity index (χ2v) is 11.4. The number of nitrogens with one attached hydrogen (secondary N) is 1. The molecule has 3 heterocycles. The molecule has 1 saturated heterocycles. The number of aromatic hydroxyl groups is 2. The molecule has 11 nitrogen and oxygen atoms in total. The molecule has 0 amide bonds. The van der Waals surface area contributed by atoms with Crippen LogP contribution in [0.2, 0.25) is 0 Å². The van der Waals surface area contributed by atoms with Crippen LogP contribution < -0.4 is 14.2 Å². The van der Waals surface area contributed by atoms with Crippen molar-refractivity contribution >= 4 is 22.5 Å². The lowest BCUT2D eigenvalue weighted by Crippen LogP contribution is -2.57. The van der Waals surface area contributed by atoms with E-state index in [4.69, 9.17) is 29.1 Å². The molecule has 7 rings (SSSR count). The molecule has 0 radical (unpaired) electrons. The third kappa shape index (κ3) is 3.77. The normalized spacial score (nSPS) is 29.0. The molecule has 0 aromatic heterocycles. The molecule has 1 aliphatic carbocycles. The lowest BCUT2D eigenvalue weighted by atomic mass is 9.82. The highest BCUT2D eigenvalue weighted by molar-refractivity contribution is 6.14. The van der Waals surface area contributed by atoms with Gasteiger partial charge < -0.3 is 44.1 Å². The van der Waals surface area contributed by atoms with Crippen molar-refractivity contribution in [1.29, 1.82) is 5.41 Å². The Morgan fingerprint density at radius 3 is 2.52 bits per heavy atom. The Bertz CT molecular complexity index is 1650. The molecule has 3 aromatic carbocycles. The zero-order valence-electron chi connectivity index (χ0n) is 23.0. The number of ether oxygens (including phenoxy) is 5. The zero-order valence-corrected chi connectivity index (χ0v) is 23.0. The van der Waals surface area contributed by atoms with Crippen molar-refractivity contribution in [2.75, 3.05) is 6.79 Å². The maximum absolute atomic E-state index is 12.8. The van der Waals surface area contributed by atoms with Crippen LogP contribution in [0.1, 0.15) is 44.2 Å². The number of phenolic OH excluding ortho intramolecular Hbond substituents is 2. The quantitative estimate of drug-likeness (QED) is 0.272. The predicted molar refractivity (Wildman–Crippen MR) is 148 cm³/mol. The van der Waals surface area contributed by atoms with Crippen LogP contribution in [0.25, 0.3) is 21.9 Å². The molecular formula is C31H31NO10. The Morgan fingerprint density at radius 1 is 1.02 bits per heavy atom. The van der Waals surface area contributed by atoms with Crippen molar-refractivity contribution in [2.45, 2.75) is 64.3 Å². The average Bonchev–Trinajstić information content (AvgIpc) is 3.34. The van der Waals surface area contributed by atoms with Gasteiger partial charge in [-0.2, -0.15) is 0 Å². The lowest BCUT2D eigenvalue weighted by Gasteiger charge is -2.43. The van der Waals surface area contributed by atoms with Crippen LogP contribution in [0.15, 0.2) is 30.3 Å². The van der Waals surface area contributed by atoms with E-state index in [-0.39, 0.29) is 36.6 Å². The van der Waals surface area contributed by atoms with Crippen LogP contribution in [0.5, 0.6) is 28.7 Å². The van der Waals surface area contributed by atoms with Crippen molar-refractivity contribution < 1.29 is 48.9 Å². The summed E-state index contributed by atoms with van der Waals surface area (Å²) in [5.74, 6) is -0.0983. The van der Waals surface area contributed by atoms with Crippen LogP contribution in [0.3, 0.4) is 0 Å². The monoisotopic (exact) mass is 577 g/mol. The first kappa shape index (κ1) is 26.8. The number of carbonyl (C=O) groups is 1. The van der Waals surface area contributed by atoms with Gasteiger partial charge in [-0.15, -0.1) is 0 Å². The number of aliphatic hydroxyl groups excluding tert-OH is 2. The summed E-state index contributed by atoms with van der Waals surface area (Å²) in [4.78, 5) is 12.8. The van der Waals surface area contributed by atoms with Gasteiger partial charge in [0, 0.05) is 34.3 Å². The van der Waals surface area contributed by atoms with Crippen molar-refractivity contribution in [2.24, 2.45) is 11.3 Å². The first-order chi connectivity index (χ1) is 20.1. The molecule has 3 aliphatic heterocycles. The largest absolute Gasteiger partial charge is 0.504 e. The van der Waals surface area contributed by atoms with Gasteiger partial charge in [-0.05, 0) is 55.0 Å². The van der Waals surface area contributed by atoms with Gasteiger partial charge in [-0.25, -0.2) is 0 Å². The number of fused-ring (bicyclic) bond motifs is 3. The van der Waals surface area contributed by atoms with Crippen LogP contribution >= 0.6 is 0 Å². The molecule has 6 atom stereocenters. The predicted octanol–water partition coefficient (Wildman–Crippen LogP) is 3.72. The molecule has 3 aromatic rings. The first-order valence-corrected chi connectivity index (χ1v) is 14.0. The van der Waals surface area contributed by atoms with Crippen molar-refractivity contribution in [3.63, 3.8) is 0 Å². The van der Waals surface area contributed by atoms with E-state index in [9.17, 15) is 25.2 Å². The van der Waals surface area contributed by atoms with Crippen LogP contribution in [-0.4, -0.2) is 63.5 Å². The summed E-state index contributed by atoms with van der Waals surface area (Å²) >= 11 is 0. The number of aliphatic hydroxyl groups is 2. The minimum Gasteiger partial charge on any atom is -0.504 e. The van der Waals surface area contributed by atoms with E-state index < -0.39 is 41.7 Å². The van der Waals surface area contributed by atoms with Crippen LogP contribution in [0.4, 0.5) is 0 Å². The number of hydrogen-bond donors (Lipinski definition) is 5. The number of ketones is 1. The molecular weight excluding hydrogens is 546 g/mol. The molecule has 3 unspecified atom stereocenters. The molecule has 0 bridgehead atoms. The fraction of sp³-hybridized carbons (Fsp3) is 0.419. The van der Waals surface area contributed by atoms with E-state index >= 15 is 0 Å². The van der Waals surface area contributed by atoms with E-state index in [2.05, 4.69) is 0 Å². The van der Waals surface area contributed by atoms with Crippen molar-refractivity contribution in [1.82, 2.24) is 0 Å². The summed E-state index contributed by atoms with van der Waals surface area (Å²) in [5.41, 5.74) is 1.03. The summed E-state index contributed by atoms with van der Waals surface area (Å²) in [7, 11) is 0. The number of hydrogen-bond acceptors (Lipinski definition) is 11.